The summed E-state index contributed by atoms with van der Waals surface area (Å²) in [6.45, 7) is 7.56. The van der Waals surface area contributed by atoms with Crippen molar-refractivity contribution in [1.29, 1.82) is 0 Å². The van der Waals surface area contributed by atoms with Gasteiger partial charge >= 0.3 is 11.9 Å². The molecule has 0 unspecified atom stereocenters. The largest absolute Gasteiger partial charge is 0.478 e. The van der Waals surface area contributed by atoms with E-state index in [-0.39, 0.29) is 11.1 Å². The van der Waals surface area contributed by atoms with Crippen molar-refractivity contribution < 1.29 is 19.8 Å². The van der Waals surface area contributed by atoms with Crippen LogP contribution in [0.2, 0.25) is 0 Å². The summed E-state index contributed by atoms with van der Waals surface area (Å²) in [6, 6.07) is 4.65. The van der Waals surface area contributed by atoms with E-state index in [0.717, 1.165) is 38.5 Å². The normalized spacial score (nSPS) is 10.5. The fourth-order valence-electron chi connectivity index (χ4n) is 2.97. The molecule has 1 aromatic carbocycles. The van der Waals surface area contributed by atoms with Gasteiger partial charge in [0.1, 0.15) is 0 Å². The molecule has 0 amide bonds. The first kappa shape index (κ1) is 19.7. The van der Waals surface area contributed by atoms with Crippen molar-refractivity contribution in [2.24, 2.45) is 5.92 Å². The number of allylic oxidation sites excluding steroid dienone is 2. The Kier molecular flexibility index (Phi) is 8.55. The second kappa shape index (κ2) is 10.4. The van der Waals surface area contributed by atoms with E-state index in [0.29, 0.717) is 17.9 Å². The van der Waals surface area contributed by atoms with Crippen molar-refractivity contribution >= 4 is 11.9 Å². The van der Waals surface area contributed by atoms with Crippen LogP contribution in [0, 0.1) is 5.92 Å². The second-order valence-electron chi connectivity index (χ2n) is 5.96. The summed E-state index contributed by atoms with van der Waals surface area (Å²) in [5, 5.41) is 18.4. The number of carbonyl (C=O) groups is 2. The van der Waals surface area contributed by atoms with Gasteiger partial charge < -0.3 is 10.2 Å². The van der Waals surface area contributed by atoms with Gasteiger partial charge in [0, 0.05) is 0 Å². The molecular weight excluding hydrogens is 304 g/mol. The predicted molar refractivity (Wildman–Crippen MR) is 95.7 cm³/mol. The summed E-state index contributed by atoms with van der Waals surface area (Å²) in [4.78, 5) is 22.6. The molecule has 4 nitrogen and oxygen atoms in total. The summed E-state index contributed by atoms with van der Waals surface area (Å²) in [5.74, 6) is -1.81. The van der Waals surface area contributed by atoms with Gasteiger partial charge in [-0.25, -0.2) is 9.59 Å². The maximum Gasteiger partial charge on any atom is 0.336 e. The molecule has 1 aromatic rings. The molecule has 0 bridgehead atoms. The average molecular weight is 330 g/mol. The smallest absolute Gasteiger partial charge is 0.336 e. The Morgan fingerprint density at radius 2 is 1.67 bits per heavy atom. The summed E-state index contributed by atoms with van der Waals surface area (Å²) < 4.78 is 0. The summed E-state index contributed by atoms with van der Waals surface area (Å²) in [6.07, 6.45) is 10.4. The van der Waals surface area contributed by atoms with Gasteiger partial charge in [-0.1, -0.05) is 37.1 Å². The van der Waals surface area contributed by atoms with Crippen molar-refractivity contribution in [1.82, 2.24) is 0 Å². The highest BCUT2D eigenvalue weighted by molar-refractivity contribution is 6.02. The third-order valence-corrected chi connectivity index (χ3v) is 4.15. The Balaban J connectivity index is 2.57. The lowest BCUT2D eigenvalue weighted by atomic mass is 9.93. The van der Waals surface area contributed by atoms with Gasteiger partial charge in [-0.2, -0.15) is 0 Å². The molecule has 0 radical (unpaired) electrons. The summed E-state index contributed by atoms with van der Waals surface area (Å²) in [5.41, 5.74) is 0.370. The average Bonchev–Trinajstić information content (AvgIpc) is 2.54. The van der Waals surface area contributed by atoms with Crippen molar-refractivity contribution in [2.75, 3.05) is 0 Å². The van der Waals surface area contributed by atoms with E-state index < -0.39 is 11.9 Å². The van der Waals surface area contributed by atoms with E-state index >= 15 is 0 Å². The topological polar surface area (TPSA) is 74.6 Å². The molecule has 0 fully saturated rings. The van der Waals surface area contributed by atoms with Crippen LogP contribution >= 0.6 is 0 Å². The minimum absolute atomic E-state index is 0.0822. The maximum absolute atomic E-state index is 11.4. The number of hydrogen-bond donors (Lipinski definition) is 2. The molecule has 0 aromatic heterocycles. The van der Waals surface area contributed by atoms with Gasteiger partial charge in [0.2, 0.25) is 0 Å². The fraction of sp³-hybridized carbons (Fsp3) is 0.400. The highest BCUT2D eigenvalue weighted by Crippen LogP contribution is 2.21. The zero-order valence-electron chi connectivity index (χ0n) is 14.0. The zero-order chi connectivity index (χ0) is 17.9. The first-order chi connectivity index (χ1) is 11.5. The lowest BCUT2D eigenvalue weighted by molar-refractivity contribution is 0.0650. The molecule has 1 rings (SSSR count). The minimum atomic E-state index is -1.20. The van der Waals surface area contributed by atoms with E-state index in [1.807, 2.05) is 12.2 Å². The SMILES string of the molecule is C=CCC(CC=C)CCCCCc1cccc(C(=O)O)c1C(=O)O. The first-order valence-electron chi connectivity index (χ1n) is 8.31. The van der Waals surface area contributed by atoms with Crippen LogP contribution in [-0.2, 0) is 6.42 Å². The van der Waals surface area contributed by atoms with Crippen molar-refractivity contribution in [3.8, 4) is 0 Å². The Bertz CT molecular complexity index is 579. The highest BCUT2D eigenvalue weighted by Gasteiger charge is 2.19. The van der Waals surface area contributed by atoms with Crippen LogP contribution in [0.25, 0.3) is 0 Å². The number of carboxylic acid groups (broad SMARTS) is 2. The van der Waals surface area contributed by atoms with Gasteiger partial charge in [-0.15, -0.1) is 13.2 Å². The van der Waals surface area contributed by atoms with Crippen LogP contribution in [0.1, 0.15) is 64.8 Å². The molecule has 2 N–H and O–H groups in total. The second-order valence-corrected chi connectivity index (χ2v) is 5.96. The Morgan fingerprint density at radius 3 is 2.21 bits per heavy atom. The van der Waals surface area contributed by atoms with E-state index in [4.69, 9.17) is 5.11 Å². The molecule has 0 aliphatic rings. The summed E-state index contributed by atoms with van der Waals surface area (Å²) in [7, 11) is 0. The zero-order valence-corrected chi connectivity index (χ0v) is 14.0. The maximum atomic E-state index is 11.4. The standard InChI is InChI=1S/C20H26O4/c1-3-9-15(10-4-2)11-6-5-7-12-16-13-8-14-17(19(21)22)18(16)20(23)24/h3-4,8,13-15H,1-2,5-7,9-12H2,(H,21,22)(H,23,24). The van der Waals surface area contributed by atoms with Gasteiger partial charge in [-0.05, 0) is 49.7 Å². The number of hydrogen-bond acceptors (Lipinski definition) is 2. The molecule has 0 aliphatic carbocycles. The van der Waals surface area contributed by atoms with E-state index in [2.05, 4.69) is 13.2 Å². The number of carboxylic acids is 2. The van der Waals surface area contributed by atoms with Crippen LogP contribution in [0.4, 0.5) is 0 Å². The van der Waals surface area contributed by atoms with E-state index in [1.54, 1.807) is 12.1 Å². The molecular formula is C20H26O4. The van der Waals surface area contributed by atoms with Crippen LogP contribution < -0.4 is 0 Å². The van der Waals surface area contributed by atoms with Gasteiger partial charge in [0.15, 0.2) is 0 Å². The molecule has 0 heterocycles. The minimum Gasteiger partial charge on any atom is -0.478 e. The first-order valence-corrected chi connectivity index (χ1v) is 8.31. The molecule has 24 heavy (non-hydrogen) atoms. The third kappa shape index (κ3) is 6.03. The molecule has 0 saturated carbocycles. The Labute approximate surface area is 143 Å². The van der Waals surface area contributed by atoms with Crippen LogP contribution in [-0.4, -0.2) is 22.2 Å². The number of aryl methyl sites for hydroxylation is 1. The number of benzene rings is 1. The molecule has 0 saturated heterocycles. The van der Waals surface area contributed by atoms with Crippen molar-refractivity contribution in [2.45, 2.75) is 44.9 Å². The molecule has 4 heteroatoms. The molecule has 130 valence electrons. The van der Waals surface area contributed by atoms with E-state index in [9.17, 15) is 14.7 Å². The van der Waals surface area contributed by atoms with Gasteiger partial charge in [0.25, 0.3) is 0 Å². The third-order valence-electron chi connectivity index (χ3n) is 4.15. The number of aromatic carboxylic acids is 2. The van der Waals surface area contributed by atoms with E-state index in [1.165, 1.54) is 6.07 Å². The van der Waals surface area contributed by atoms with Crippen LogP contribution in [0.5, 0.6) is 0 Å². The number of unbranched alkanes of at least 4 members (excludes halogenated alkanes) is 2. The van der Waals surface area contributed by atoms with Gasteiger partial charge in [-0.3, -0.25) is 0 Å². The lowest BCUT2D eigenvalue weighted by Gasteiger charge is -2.13. The summed E-state index contributed by atoms with van der Waals surface area (Å²) >= 11 is 0. The molecule has 0 aliphatic heterocycles. The quantitative estimate of drug-likeness (QED) is 0.420. The molecule has 0 atom stereocenters. The highest BCUT2D eigenvalue weighted by atomic mass is 16.4. The Hall–Kier alpha value is -2.36. The Morgan fingerprint density at radius 1 is 1.00 bits per heavy atom. The van der Waals surface area contributed by atoms with Crippen LogP contribution in [0.15, 0.2) is 43.5 Å². The lowest BCUT2D eigenvalue weighted by Crippen LogP contribution is -2.11. The van der Waals surface area contributed by atoms with Crippen molar-refractivity contribution in [3.05, 3.63) is 60.2 Å². The van der Waals surface area contributed by atoms with Crippen molar-refractivity contribution in [3.63, 3.8) is 0 Å². The van der Waals surface area contributed by atoms with Gasteiger partial charge in [0.05, 0.1) is 11.1 Å². The monoisotopic (exact) mass is 330 g/mol. The fourth-order valence-corrected chi connectivity index (χ4v) is 2.97. The molecule has 0 spiro atoms. The number of rotatable bonds is 12. The predicted octanol–water partition coefficient (Wildman–Crippen LogP) is 4.95. The van der Waals surface area contributed by atoms with Crippen LogP contribution in [0.3, 0.4) is 0 Å².